The van der Waals surface area contributed by atoms with Crippen molar-refractivity contribution in [2.45, 2.75) is 20.3 Å². The Hall–Kier alpha value is -1.95. The van der Waals surface area contributed by atoms with E-state index >= 15 is 0 Å². The zero-order chi connectivity index (χ0) is 14.3. The maximum atomic E-state index is 13.4. The third kappa shape index (κ3) is 5.48. The molecule has 0 aliphatic rings. The fraction of sp³-hybridized carbons (Fsp3) is 0.385. The molecule has 104 valence electrons. The van der Waals surface area contributed by atoms with Gasteiger partial charge in [-0.2, -0.15) is 0 Å². The summed E-state index contributed by atoms with van der Waals surface area (Å²) in [7, 11) is 0. The van der Waals surface area contributed by atoms with Gasteiger partial charge in [0.1, 0.15) is 5.82 Å². The zero-order valence-electron chi connectivity index (χ0n) is 11.0. The summed E-state index contributed by atoms with van der Waals surface area (Å²) in [6, 6.07) is 4.02. The molecule has 5 nitrogen and oxygen atoms in total. The number of hydrogen-bond donors (Lipinski definition) is 3. The predicted octanol–water partition coefficient (Wildman–Crippen LogP) is 1.72. The summed E-state index contributed by atoms with van der Waals surface area (Å²) in [5.74, 6) is -1.13. The molecule has 1 aromatic rings. The Morgan fingerprint density at radius 1 is 1.26 bits per heavy atom. The molecule has 0 spiro atoms. The van der Waals surface area contributed by atoms with Crippen LogP contribution in [0.1, 0.15) is 20.3 Å². The summed E-state index contributed by atoms with van der Waals surface area (Å²) in [6.45, 7) is 4.25. The highest BCUT2D eigenvalue weighted by atomic mass is 19.1. The van der Waals surface area contributed by atoms with Crippen LogP contribution in [0.3, 0.4) is 0 Å². The fourth-order valence-electron chi connectivity index (χ4n) is 1.47. The molecule has 1 aromatic carbocycles. The van der Waals surface area contributed by atoms with Crippen LogP contribution in [0.2, 0.25) is 0 Å². The fourth-order valence-corrected chi connectivity index (χ4v) is 1.47. The number of benzene rings is 1. The minimum absolute atomic E-state index is 0.0480. The van der Waals surface area contributed by atoms with Gasteiger partial charge < -0.3 is 16.0 Å². The van der Waals surface area contributed by atoms with Crippen molar-refractivity contribution in [3.63, 3.8) is 0 Å². The first-order valence-corrected chi connectivity index (χ1v) is 6.10. The summed E-state index contributed by atoms with van der Waals surface area (Å²) in [4.78, 5) is 22.4. The molecule has 1 rings (SSSR count). The van der Waals surface area contributed by atoms with Crippen LogP contribution in [0, 0.1) is 5.82 Å². The molecule has 2 amide bonds. The molecule has 0 unspecified atom stereocenters. The van der Waals surface area contributed by atoms with Gasteiger partial charge >= 0.3 is 0 Å². The smallest absolute Gasteiger partial charge is 0.238 e. The minimum Gasteiger partial charge on any atom is -0.325 e. The molecule has 19 heavy (non-hydrogen) atoms. The molecule has 0 radical (unpaired) electrons. The van der Waals surface area contributed by atoms with E-state index in [1.54, 1.807) is 0 Å². The molecule has 0 aliphatic carbocycles. The van der Waals surface area contributed by atoms with Crippen LogP contribution in [0.4, 0.5) is 15.8 Å². The van der Waals surface area contributed by atoms with Crippen molar-refractivity contribution in [1.82, 2.24) is 5.32 Å². The molecule has 0 atom stereocenters. The second kappa shape index (κ2) is 7.48. The third-order valence-corrected chi connectivity index (χ3v) is 2.27. The van der Waals surface area contributed by atoms with Gasteiger partial charge in [-0.3, -0.25) is 9.59 Å². The number of amides is 2. The van der Waals surface area contributed by atoms with E-state index in [-0.39, 0.29) is 24.0 Å². The quantitative estimate of drug-likeness (QED) is 0.687. The van der Waals surface area contributed by atoms with Gasteiger partial charge in [0.15, 0.2) is 0 Å². The van der Waals surface area contributed by atoms with Crippen molar-refractivity contribution in [3.8, 4) is 0 Å². The number of anilines is 2. The second-order valence-corrected chi connectivity index (χ2v) is 4.10. The van der Waals surface area contributed by atoms with Gasteiger partial charge in [0.2, 0.25) is 11.8 Å². The van der Waals surface area contributed by atoms with Gasteiger partial charge in [0.05, 0.1) is 12.2 Å². The normalized spacial score (nSPS) is 10.1. The molecule has 0 fully saturated rings. The summed E-state index contributed by atoms with van der Waals surface area (Å²) in [5, 5.41) is 7.94. The van der Waals surface area contributed by atoms with Gasteiger partial charge in [-0.05, 0) is 31.2 Å². The first-order chi connectivity index (χ1) is 9.02. The molecule has 0 aliphatic heterocycles. The molecule has 0 aromatic heterocycles. The van der Waals surface area contributed by atoms with Crippen molar-refractivity contribution in [3.05, 3.63) is 24.0 Å². The van der Waals surface area contributed by atoms with E-state index in [1.807, 2.05) is 6.92 Å². The van der Waals surface area contributed by atoms with Crippen LogP contribution in [-0.2, 0) is 9.59 Å². The summed E-state index contributed by atoms with van der Waals surface area (Å²) in [6.07, 6.45) is 0.941. The van der Waals surface area contributed by atoms with Crippen LogP contribution >= 0.6 is 0 Å². The molecule has 0 saturated carbocycles. The number of hydrogen-bond acceptors (Lipinski definition) is 3. The van der Waals surface area contributed by atoms with E-state index in [9.17, 15) is 14.0 Å². The number of halogens is 1. The lowest BCUT2D eigenvalue weighted by Crippen LogP contribution is -2.28. The average Bonchev–Trinajstić information content (AvgIpc) is 2.33. The third-order valence-electron chi connectivity index (χ3n) is 2.27. The topological polar surface area (TPSA) is 70.2 Å². The lowest BCUT2D eigenvalue weighted by atomic mass is 10.2. The summed E-state index contributed by atoms with van der Waals surface area (Å²) in [5.41, 5.74) is 0.486. The number of carbonyl (C=O) groups excluding carboxylic acids is 2. The second-order valence-electron chi connectivity index (χ2n) is 4.10. The Labute approximate surface area is 111 Å². The number of nitrogens with one attached hydrogen (secondary N) is 3. The van der Waals surface area contributed by atoms with Crippen LogP contribution < -0.4 is 16.0 Å². The Kier molecular flexibility index (Phi) is 5.95. The number of rotatable bonds is 6. The lowest BCUT2D eigenvalue weighted by molar-refractivity contribution is -0.115. The van der Waals surface area contributed by atoms with E-state index in [0.29, 0.717) is 5.69 Å². The molecule has 6 heteroatoms. The van der Waals surface area contributed by atoms with Crippen molar-refractivity contribution < 1.29 is 14.0 Å². The van der Waals surface area contributed by atoms with E-state index in [4.69, 9.17) is 0 Å². The molecule has 0 bridgehead atoms. The van der Waals surface area contributed by atoms with E-state index in [0.717, 1.165) is 13.0 Å². The van der Waals surface area contributed by atoms with Gasteiger partial charge in [-0.25, -0.2) is 4.39 Å². The average molecular weight is 267 g/mol. The molecular weight excluding hydrogens is 249 g/mol. The monoisotopic (exact) mass is 267 g/mol. The minimum atomic E-state index is -0.544. The Morgan fingerprint density at radius 2 is 2.00 bits per heavy atom. The van der Waals surface area contributed by atoms with Crippen molar-refractivity contribution in [2.75, 3.05) is 23.7 Å². The van der Waals surface area contributed by atoms with Gasteiger partial charge in [0, 0.05) is 12.6 Å². The summed E-state index contributed by atoms with van der Waals surface area (Å²) < 4.78 is 13.4. The van der Waals surface area contributed by atoms with Crippen molar-refractivity contribution in [1.29, 1.82) is 0 Å². The van der Waals surface area contributed by atoms with Crippen molar-refractivity contribution in [2.24, 2.45) is 0 Å². The summed E-state index contributed by atoms with van der Waals surface area (Å²) >= 11 is 0. The van der Waals surface area contributed by atoms with Crippen LogP contribution in [0.25, 0.3) is 0 Å². The Bertz CT molecular complexity index is 463. The standard InChI is InChI=1S/C13H18FN3O2/c1-3-6-15-8-13(19)17-10-4-5-11(14)12(7-10)16-9(2)18/h4-5,7,15H,3,6,8H2,1-2H3,(H,16,18)(H,17,19). The van der Waals surface area contributed by atoms with Crippen LogP contribution in [-0.4, -0.2) is 24.9 Å². The lowest BCUT2D eigenvalue weighted by Gasteiger charge is -2.09. The van der Waals surface area contributed by atoms with Crippen LogP contribution in [0.15, 0.2) is 18.2 Å². The maximum Gasteiger partial charge on any atom is 0.238 e. The van der Waals surface area contributed by atoms with Gasteiger partial charge in [0.25, 0.3) is 0 Å². The zero-order valence-corrected chi connectivity index (χ0v) is 11.0. The Balaban J connectivity index is 2.63. The Morgan fingerprint density at radius 3 is 2.63 bits per heavy atom. The van der Waals surface area contributed by atoms with Crippen LogP contribution in [0.5, 0.6) is 0 Å². The van der Waals surface area contributed by atoms with E-state index in [1.165, 1.54) is 25.1 Å². The highest BCUT2D eigenvalue weighted by Crippen LogP contribution is 2.19. The molecule has 3 N–H and O–H groups in total. The molecular formula is C13H18FN3O2. The SMILES string of the molecule is CCCNCC(=O)Nc1ccc(F)c(NC(C)=O)c1. The number of carbonyl (C=O) groups is 2. The molecule has 0 heterocycles. The van der Waals surface area contributed by atoms with Gasteiger partial charge in [-0.15, -0.1) is 0 Å². The maximum absolute atomic E-state index is 13.4. The first-order valence-electron chi connectivity index (χ1n) is 6.10. The largest absolute Gasteiger partial charge is 0.325 e. The first kappa shape index (κ1) is 15.1. The van der Waals surface area contributed by atoms with Gasteiger partial charge in [-0.1, -0.05) is 6.92 Å². The van der Waals surface area contributed by atoms with E-state index in [2.05, 4.69) is 16.0 Å². The molecule has 0 saturated heterocycles. The highest BCUT2D eigenvalue weighted by molar-refractivity contribution is 5.94. The van der Waals surface area contributed by atoms with Crippen molar-refractivity contribution >= 4 is 23.2 Å². The highest BCUT2D eigenvalue weighted by Gasteiger charge is 2.07. The predicted molar refractivity (Wildman–Crippen MR) is 72.5 cm³/mol. The van der Waals surface area contributed by atoms with E-state index < -0.39 is 5.82 Å².